The number of ketones is 1. The molecule has 0 unspecified atom stereocenters. The van der Waals surface area contributed by atoms with E-state index < -0.39 is 0 Å². The monoisotopic (exact) mass is 243 g/mol. The zero-order valence-electron chi connectivity index (χ0n) is 10.8. The lowest BCUT2D eigenvalue weighted by Gasteiger charge is -2.26. The van der Waals surface area contributed by atoms with E-state index in [4.69, 9.17) is 0 Å². The first-order valence-electron chi connectivity index (χ1n) is 7.16. The Morgan fingerprint density at radius 1 is 1.17 bits per heavy atom. The zero-order chi connectivity index (χ0) is 12.4. The van der Waals surface area contributed by atoms with Crippen molar-refractivity contribution < 1.29 is 4.79 Å². The number of hydrogen-bond donors (Lipinski definition) is 1. The van der Waals surface area contributed by atoms with Crippen LogP contribution in [0.3, 0.4) is 0 Å². The third-order valence-corrected chi connectivity index (χ3v) is 4.43. The fourth-order valence-corrected chi connectivity index (χ4v) is 3.32. The third kappa shape index (κ3) is 2.49. The molecule has 1 N–H and O–H groups in total. The Hall–Kier alpha value is -1.15. The molecule has 1 fully saturated rings. The van der Waals surface area contributed by atoms with E-state index >= 15 is 0 Å². The van der Waals surface area contributed by atoms with Crippen LogP contribution in [-0.2, 0) is 17.8 Å². The first kappa shape index (κ1) is 11.9. The van der Waals surface area contributed by atoms with Crippen LogP contribution in [0.5, 0.6) is 0 Å². The molecule has 2 aliphatic rings. The molecule has 1 aliphatic carbocycles. The predicted octanol–water partition coefficient (Wildman–Crippen LogP) is 2.85. The van der Waals surface area contributed by atoms with E-state index in [2.05, 4.69) is 29.6 Å². The van der Waals surface area contributed by atoms with Gasteiger partial charge in [-0.15, -0.1) is 0 Å². The summed E-state index contributed by atoms with van der Waals surface area (Å²) in [6.07, 6.45) is 6.82. The molecule has 1 aromatic carbocycles. The highest BCUT2D eigenvalue weighted by atomic mass is 16.1. The summed E-state index contributed by atoms with van der Waals surface area (Å²) in [4.78, 5) is 12.3. The molecule has 96 valence electrons. The first-order chi connectivity index (χ1) is 8.83. The number of benzene rings is 1. The van der Waals surface area contributed by atoms with E-state index in [1.54, 1.807) is 0 Å². The van der Waals surface area contributed by atoms with Crippen molar-refractivity contribution in [1.82, 2.24) is 5.32 Å². The van der Waals surface area contributed by atoms with Crippen molar-refractivity contribution in [2.45, 2.75) is 51.1 Å². The lowest BCUT2D eigenvalue weighted by atomic mass is 9.90. The molecular weight excluding hydrogens is 222 g/mol. The van der Waals surface area contributed by atoms with Gasteiger partial charge in [-0.05, 0) is 23.5 Å². The number of fused-ring (bicyclic) bond motifs is 1. The summed E-state index contributed by atoms with van der Waals surface area (Å²) >= 11 is 0. The van der Waals surface area contributed by atoms with Gasteiger partial charge >= 0.3 is 0 Å². The van der Waals surface area contributed by atoms with Crippen molar-refractivity contribution in [1.29, 1.82) is 0 Å². The normalized spacial score (nSPS) is 23.9. The van der Waals surface area contributed by atoms with Gasteiger partial charge in [0.25, 0.3) is 0 Å². The molecule has 1 aromatic rings. The van der Waals surface area contributed by atoms with Crippen molar-refractivity contribution in [3.05, 3.63) is 35.4 Å². The molecule has 0 spiro atoms. The maximum absolute atomic E-state index is 12.3. The Kier molecular flexibility index (Phi) is 3.46. The predicted molar refractivity (Wildman–Crippen MR) is 72.4 cm³/mol. The minimum absolute atomic E-state index is 0.0560. The lowest BCUT2D eigenvalue weighted by molar-refractivity contribution is -0.122. The van der Waals surface area contributed by atoms with E-state index in [1.807, 2.05) is 0 Å². The van der Waals surface area contributed by atoms with Gasteiger partial charge in [-0.1, -0.05) is 49.9 Å². The molecule has 1 heterocycles. The molecule has 0 radical (unpaired) electrons. The third-order valence-electron chi connectivity index (χ3n) is 4.43. The van der Waals surface area contributed by atoms with Gasteiger partial charge in [0, 0.05) is 13.0 Å². The highest BCUT2D eigenvalue weighted by Gasteiger charge is 2.26. The summed E-state index contributed by atoms with van der Waals surface area (Å²) in [5, 5.41) is 3.40. The molecular formula is C16H21NO. The smallest absolute Gasteiger partial charge is 0.150 e. The Balaban J connectivity index is 1.62. The van der Waals surface area contributed by atoms with Crippen LogP contribution in [0.15, 0.2) is 24.3 Å². The quantitative estimate of drug-likeness (QED) is 0.884. The van der Waals surface area contributed by atoms with Gasteiger partial charge in [-0.25, -0.2) is 0 Å². The highest BCUT2D eigenvalue weighted by molar-refractivity contribution is 5.84. The van der Waals surface area contributed by atoms with Gasteiger partial charge in [0.15, 0.2) is 0 Å². The van der Waals surface area contributed by atoms with Crippen LogP contribution in [0.25, 0.3) is 0 Å². The molecule has 18 heavy (non-hydrogen) atoms. The summed E-state index contributed by atoms with van der Waals surface area (Å²) < 4.78 is 0. The number of Topliss-reactive ketones (excluding diaryl/α,β-unsaturated/α-hetero) is 1. The summed E-state index contributed by atoms with van der Waals surface area (Å²) in [5.74, 6) is 1.09. The maximum Gasteiger partial charge on any atom is 0.150 e. The second kappa shape index (κ2) is 5.23. The largest absolute Gasteiger partial charge is 0.303 e. The fourth-order valence-electron chi connectivity index (χ4n) is 3.32. The average molecular weight is 243 g/mol. The molecule has 3 rings (SSSR count). The minimum atomic E-state index is 0.0560. The molecule has 1 atom stereocenters. The molecule has 0 saturated heterocycles. The van der Waals surface area contributed by atoms with Crippen LogP contribution < -0.4 is 5.32 Å². The van der Waals surface area contributed by atoms with Crippen LogP contribution in [0, 0.1) is 5.92 Å². The van der Waals surface area contributed by atoms with Gasteiger partial charge in [-0.2, -0.15) is 0 Å². The van der Waals surface area contributed by atoms with E-state index in [-0.39, 0.29) is 6.04 Å². The lowest BCUT2D eigenvalue weighted by Crippen LogP contribution is -2.42. The van der Waals surface area contributed by atoms with Crippen LogP contribution >= 0.6 is 0 Å². The van der Waals surface area contributed by atoms with Crippen molar-refractivity contribution in [3.63, 3.8) is 0 Å². The highest BCUT2D eigenvalue weighted by Crippen LogP contribution is 2.28. The first-order valence-corrected chi connectivity index (χ1v) is 7.16. The van der Waals surface area contributed by atoms with Crippen LogP contribution in [0.4, 0.5) is 0 Å². The van der Waals surface area contributed by atoms with E-state index in [0.717, 1.165) is 19.4 Å². The van der Waals surface area contributed by atoms with Gasteiger partial charge in [-0.3, -0.25) is 4.79 Å². The number of carbonyl (C=O) groups is 1. The van der Waals surface area contributed by atoms with E-state index in [1.165, 1.54) is 36.8 Å². The zero-order valence-corrected chi connectivity index (χ0v) is 10.8. The molecule has 1 aliphatic heterocycles. The topological polar surface area (TPSA) is 29.1 Å². The number of nitrogens with one attached hydrogen (secondary N) is 1. The molecule has 0 amide bonds. The Labute approximate surface area is 109 Å². The van der Waals surface area contributed by atoms with Gasteiger partial charge in [0.05, 0.1) is 6.04 Å². The van der Waals surface area contributed by atoms with Crippen LogP contribution in [0.2, 0.25) is 0 Å². The number of rotatable bonds is 3. The van der Waals surface area contributed by atoms with Crippen molar-refractivity contribution in [2.75, 3.05) is 0 Å². The summed E-state index contributed by atoms with van der Waals surface area (Å²) in [5.41, 5.74) is 2.70. The summed E-state index contributed by atoms with van der Waals surface area (Å²) in [6.45, 7) is 0.844. The Morgan fingerprint density at radius 3 is 2.67 bits per heavy atom. The van der Waals surface area contributed by atoms with Gasteiger partial charge in [0.1, 0.15) is 5.78 Å². The minimum Gasteiger partial charge on any atom is -0.303 e. The summed E-state index contributed by atoms with van der Waals surface area (Å²) in [6, 6.07) is 8.51. The number of hydrogen-bond acceptors (Lipinski definition) is 2. The van der Waals surface area contributed by atoms with E-state index in [9.17, 15) is 4.79 Å². The fraction of sp³-hybridized carbons (Fsp3) is 0.562. The van der Waals surface area contributed by atoms with Crippen LogP contribution in [0.1, 0.15) is 43.2 Å². The Bertz CT molecular complexity index is 434. The average Bonchev–Trinajstić information content (AvgIpc) is 2.91. The number of carbonyl (C=O) groups excluding carboxylic acids is 1. The molecule has 2 heteroatoms. The standard InChI is InChI=1S/C16H21NO/c18-16(9-12-5-1-2-6-12)15-10-13-7-3-4-8-14(13)11-17-15/h3-4,7-8,12,15,17H,1-2,5-6,9-11H2/t15-/m0/s1. The van der Waals surface area contributed by atoms with Gasteiger partial charge in [0.2, 0.25) is 0 Å². The molecule has 0 bridgehead atoms. The molecule has 1 saturated carbocycles. The molecule has 2 nitrogen and oxygen atoms in total. The Morgan fingerprint density at radius 2 is 1.89 bits per heavy atom. The summed E-state index contributed by atoms with van der Waals surface area (Å²) in [7, 11) is 0. The van der Waals surface area contributed by atoms with Gasteiger partial charge < -0.3 is 5.32 Å². The van der Waals surface area contributed by atoms with E-state index in [0.29, 0.717) is 11.7 Å². The van der Waals surface area contributed by atoms with Crippen molar-refractivity contribution >= 4 is 5.78 Å². The second-order valence-corrected chi connectivity index (χ2v) is 5.73. The maximum atomic E-state index is 12.3. The molecule has 0 aromatic heterocycles. The van der Waals surface area contributed by atoms with Crippen molar-refractivity contribution in [2.24, 2.45) is 5.92 Å². The van der Waals surface area contributed by atoms with Crippen molar-refractivity contribution in [3.8, 4) is 0 Å². The second-order valence-electron chi connectivity index (χ2n) is 5.73. The van der Waals surface area contributed by atoms with Crippen LogP contribution in [-0.4, -0.2) is 11.8 Å². The SMILES string of the molecule is O=C(CC1CCCC1)[C@@H]1Cc2ccccc2CN1.